The predicted octanol–water partition coefficient (Wildman–Crippen LogP) is 3.65. The minimum atomic E-state index is 0.772. The number of hydrogen-bond donors (Lipinski definition) is 2. The maximum atomic E-state index is 6.02. The van der Waals surface area contributed by atoms with E-state index in [1.165, 1.54) is 11.1 Å². The van der Waals surface area contributed by atoms with E-state index in [1.807, 2.05) is 31.2 Å². The Morgan fingerprint density at radius 1 is 1.16 bits per heavy atom. The van der Waals surface area contributed by atoms with Crippen LogP contribution in [0.4, 0.5) is 17.1 Å². The van der Waals surface area contributed by atoms with Gasteiger partial charge in [0.25, 0.3) is 0 Å². The molecule has 0 bridgehead atoms. The van der Waals surface area contributed by atoms with Crippen molar-refractivity contribution < 1.29 is 4.74 Å². The molecule has 0 aliphatic carbocycles. The lowest BCUT2D eigenvalue weighted by Gasteiger charge is -2.18. The summed E-state index contributed by atoms with van der Waals surface area (Å²) in [5, 5.41) is 3.37. The van der Waals surface area contributed by atoms with Gasteiger partial charge >= 0.3 is 0 Å². The summed E-state index contributed by atoms with van der Waals surface area (Å²) in [7, 11) is 0. The average molecular weight is 254 g/mol. The van der Waals surface area contributed by atoms with Crippen molar-refractivity contribution in [2.75, 3.05) is 17.7 Å². The first-order chi connectivity index (χ1) is 9.22. The molecule has 0 fully saturated rings. The number of ether oxygens (including phenoxy) is 1. The molecule has 0 radical (unpaired) electrons. The second-order valence-corrected chi connectivity index (χ2v) is 4.99. The Hall–Kier alpha value is -2.16. The lowest BCUT2D eigenvalue weighted by atomic mass is 10.1. The molecule has 98 valence electrons. The number of anilines is 3. The third kappa shape index (κ3) is 2.50. The van der Waals surface area contributed by atoms with Crippen LogP contribution in [0.25, 0.3) is 0 Å². The highest BCUT2D eigenvalue weighted by molar-refractivity contribution is 5.73. The van der Waals surface area contributed by atoms with Gasteiger partial charge in [-0.05, 0) is 61.2 Å². The fraction of sp³-hybridized carbons (Fsp3) is 0.250. The minimum Gasteiger partial charge on any atom is -0.493 e. The molecular weight excluding hydrogens is 236 g/mol. The number of hydrogen-bond acceptors (Lipinski definition) is 3. The molecule has 1 aliphatic rings. The van der Waals surface area contributed by atoms with Crippen molar-refractivity contribution in [2.45, 2.75) is 19.8 Å². The first kappa shape index (κ1) is 11.9. The topological polar surface area (TPSA) is 47.3 Å². The molecule has 0 unspecified atom stereocenters. The van der Waals surface area contributed by atoms with Crippen LogP contribution in [0.3, 0.4) is 0 Å². The van der Waals surface area contributed by atoms with Crippen LogP contribution in [0.15, 0.2) is 36.4 Å². The van der Waals surface area contributed by atoms with Crippen molar-refractivity contribution in [3.05, 3.63) is 47.5 Å². The van der Waals surface area contributed by atoms with Gasteiger partial charge in [-0.3, -0.25) is 0 Å². The number of rotatable bonds is 2. The Morgan fingerprint density at radius 3 is 2.89 bits per heavy atom. The van der Waals surface area contributed by atoms with Gasteiger partial charge in [-0.15, -0.1) is 0 Å². The Morgan fingerprint density at radius 2 is 2.05 bits per heavy atom. The van der Waals surface area contributed by atoms with Crippen LogP contribution in [0.1, 0.15) is 17.5 Å². The fourth-order valence-electron chi connectivity index (χ4n) is 2.39. The Labute approximate surface area is 113 Å². The van der Waals surface area contributed by atoms with Crippen molar-refractivity contribution >= 4 is 17.1 Å². The normalized spacial score (nSPS) is 13.5. The smallest absolute Gasteiger partial charge is 0.122 e. The summed E-state index contributed by atoms with van der Waals surface area (Å²) < 4.78 is 5.62. The van der Waals surface area contributed by atoms with Crippen LogP contribution in [0.2, 0.25) is 0 Å². The lowest BCUT2D eigenvalue weighted by Crippen LogP contribution is -2.08. The Kier molecular flexibility index (Phi) is 3.03. The molecule has 0 saturated carbocycles. The van der Waals surface area contributed by atoms with E-state index in [1.54, 1.807) is 0 Å². The second kappa shape index (κ2) is 4.84. The average Bonchev–Trinajstić information content (AvgIpc) is 2.42. The summed E-state index contributed by atoms with van der Waals surface area (Å²) in [5.41, 5.74) is 11.2. The number of nitrogens with two attached hydrogens (primary N) is 1. The molecule has 0 saturated heterocycles. The molecule has 2 aromatic carbocycles. The van der Waals surface area contributed by atoms with Gasteiger partial charge in [0, 0.05) is 5.69 Å². The summed E-state index contributed by atoms with van der Waals surface area (Å²) in [5.74, 6) is 1.01. The van der Waals surface area contributed by atoms with Crippen molar-refractivity contribution in [3.63, 3.8) is 0 Å². The van der Waals surface area contributed by atoms with E-state index in [0.29, 0.717) is 0 Å². The van der Waals surface area contributed by atoms with Gasteiger partial charge < -0.3 is 15.8 Å². The number of benzene rings is 2. The third-order valence-electron chi connectivity index (χ3n) is 3.39. The Bertz CT molecular complexity index is 608. The summed E-state index contributed by atoms with van der Waals surface area (Å²) in [6.07, 6.45) is 2.16. The highest BCUT2D eigenvalue weighted by Crippen LogP contribution is 2.30. The molecule has 0 atom stereocenters. The molecule has 1 heterocycles. The highest BCUT2D eigenvalue weighted by Gasteiger charge is 2.10. The summed E-state index contributed by atoms with van der Waals surface area (Å²) in [4.78, 5) is 0. The van der Waals surface area contributed by atoms with Gasteiger partial charge in [-0.1, -0.05) is 6.07 Å². The maximum absolute atomic E-state index is 6.02. The zero-order chi connectivity index (χ0) is 13.2. The zero-order valence-electron chi connectivity index (χ0n) is 11.1. The first-order valence-corrected chi connectivity index (χ1v) is 6.61. The van der Waals surface area contributed by atoms with Crippen LogP contribution in [0.5, 0.6) is 5.75 Å². The molecule has 3 rings (SSSR count). The van der Waals surface area contributed by atoms with Crippen molar-refractivity contribution in [3.8, 4) is 5.75 Å². The van der Waals surface area contributed by atoms with Crippen molar-refractivity contribution in [1.29, 1.82) is 0 Å². The first-order valence-electron chi connectivity index (χ1n) is 6.61. The molecule has 0 spiro atoms. The molecule has 19 heavy (non-hydrogen) atoms. The van der Waals surface area contributed by atoms with E-state index >= 15 is 0 Å². The second-order valence-electron chi connectivity index (χ2n) is 4.99. The van der Waals surface area contributed by atoms with Gasteiger partial charge in [0.05, 0.1) is 18.0 Å². The van der Waals surface area contributed by atoms with Gasteiger partial charge in [-0.2, -0.15) is 0 Å². The number of fused-ring (bicyclic) bond motifs is 1. The lowest BCUT2D eigenvalue weighted by molar-refractivity contribution is 0.288. The van der Waals surface area contributed by atoms with E-state index in [-0.39, 0.29) is 0 Å². The number of nitrogen functional groups attached to an aromatic ring is 1. The molecule has 3 N–H and O–H groups in total. The largest absolute Gasteiger partial charge is 0.493 e. The monoisotopic (exact) mass is 254 g/mol. The standard InChI is InChI=1S/C16H18N2O/c1-11-4-6-15(14(17)9-11)18-13-5-7-16-12(10-13)3-2-8-19-16/h4-7,9-10,18H,2-3,8,17H2,1H3. The summed E-state index contributed by atoms with van der Waals surface area (Å²) in [6, 6.07) is 12.3. The van der Waals surface area contributed by atoms with Crippen LogP contribution < -0.4 is 15.8 Å². The van der Waals surface area contributed by atoms with E-state index in [4.69, 9.17) is 10.5 Å². The minimum absolute atomic E-state index is 0.772. The van der Waals surface area contributed by atoms with E-state index in [2.05, 4.69) is 17.4 Å². The summed E-state index contributed by atoms with van der Waals surface area (Å²) in [6.45, 7) is 2.86. The SMILES string of the molecule is Cc1ccc(Nc2ccc3c(c2)CCCO3)c(N)c1. The molecule has 3 heteroatoms. The van der Waals surface area contributed by atoms with Crippen LogP contribution >= 0.6 is 0 Å². The van der Waals surface area contributed by atoms with Gasteiger partial charge in [0.2, 0.25) is 0 Å². The molecule has 0 amide bonds. The molecule has 1 aliphatic heterocycles. The molecule has 2 aromatic rings. The third-order valence-corrected chi connectivity index (χ3v) is 3.39. The van der Waals surface area contributed by atoms with Gasteiger partial charge in [-0.25, -0.2) is 0 Å². The van der Waals surface area contributed by atoms with Crippen molar-refractivity contribution in [1.82, 2.24) is 0 Å². The van der Waals surface area contributed by atoms with E-state index < -0.39 is 0 Å². The quantitative estimate of drug-likeness (QED) is 0.804. The van der Waals surface area contributed by atoms with Crippen LogP contribution in [-0.2, 0) is 6.42 Å². The molecular formula is C16H18N2O. The highest BCUT2D eigenvalue weighted by atomic mass is 16.5. The van der Waals surface area contributed by atoms with Crippen LogP contribution in [-0.4, -0.2) is 6.61 Å². The maximum Gasteiger partial charge on any atom is 0.122 e. The molecule has 3 nitrogen and oxygen atoms in total. The van der Waals surface area contributed by atoms with Crippen molar-refractivity contribution in [2.24, 2.45) is 0 Å². The van der Waals surface area contributed by atoms with E-state index in [9.17, 15) is 0 Å². The predicted molar refractivity (Wildman–Crippen MR) is 79.1 cm³/mol. The fourth-order valence-corrected chi connectivity index (χ4v) is 2.39. The number of nitrogens with one attached hydrogen (secondary N) is 1. The van der Waals surface area contributed by atoms with Crippen LogP contribution in [0, 0.1) is 6.92 Å². The zero-order valence-corrected chi connectivity index (χ0v) is 11.1. The van der Waals surface area contributed by atoms with Gasteiger partial charge in [0.15, 0.2) is 0 Å². The summed E-state index contributed by atoms with van der Waals surface area (Å²) >= 11 is 0. The van der Waals surface area contributed by atoms with E-state index in [0.717, 1.165) is 42.3 Å². The van der Waals surface area contributed by atoms with Gasteiger partial charge in [0.1, 0.15) is 5.75 Å². The molecule has 0 aromatic heterocycles. The Balaban J connectivity index is 1.87. The number of aryl methyl sites for hydroxylation is 2.